The van der Waals surface area contributed by atoms with E-state index < -0.39 is 23.5 Å². The maximum atomic E-state index is 13.5. The van der Waals surface area contributed by atoms with Crippen molar-refractivity contribution in [3.05, 3.63) is 70.4 Å². The number of benzene rings is 2. The van der Waals surface area contributed by atoms with Crippen molar-refractivity contribution in [3.63, 3.8) is 0 Å². The van der Waals surface area contributed by atoms with Crippen LogP contribution in [0.1, 0.15) is 6.42 Å². The molecule has 0 aliphatic carbocycles. The van der Waals surface area contributed by atoms with Gasteiger partial charge in [-0.05, 0) is 30.7 Å². The first-order valence-corrected chi connectivity index (χ1v) is 10.5. The quantitative estimate of drug-likeness (QED) is 0.428. The van der Waals surface area contributed by atoms with E-state index in [1.54, 1.807) is 4.90 Å². The molecule has 0 fully saturated rings. The van der Waals surface area contributed by atoms with Crippen LogP contribution in [0.5, 0.6) is 11.5 Å². The zero-order valence-corrected chi connectivity index (χ0v) is 19.0. The number of hydrogen-bond donors (Lipinski definition) is 2. The van der Waals surface area contributed by atoms with Crippen LogP contribution in [0.2, 0.25) is 10.0 Å². The lowest BCUT2D eigenvalue weighted by Crippen LogP contribution is -2.36. The summed E-state index contributed by atoms with van der Waals surface area (Å²) in [7, 11) is 0. The number of ether oxygens (including phenoxy) is 2. The number of carbonyl (C=O) groups excluding carboxylic acids is 1. The first-order valence-electron chi connectivity index (χ1n) is 9.71. The summed E-state index contributed by atoms with van der Waals surface area (Å²) < 4.78 is 37.5. The number of hydrogen-bond acceptors (Lipinski definition) is 5. The van der Waals surface area contributed by atoms with E-state index in [4.69, 9.17) is 37.8 Å². The summed E-state index contributed by atoms with van der Waals surface area (Å²) in [6, 6.07) is 7.81. The van der Waals surface area contributed by atoms with Crippen LogP contribution < -0.4 is 14.8 Å². The molecule has 0 saturated heterocycles. The van der Waals surface area contributed by atoms with Gasteiger partial charge in [0, 0.05) is 30.9 Å². The first-order chi connectivity index (χ1) is 15.6. The van der Waals surface area contributed by atoms with Gasteiger partial charge < -0.3 is 19.9 Å². The van der Waals surface area contributed by atoms with Crippen LogP contribution in [0.25, 0.3) is 0 Å². The van der Waals surface area contributed by atoms with Gasteiger partial charge in [-0.25, -0.2) is 8.78 Å². The molecule has 0 radical (unpaired) electrons. The number of nitrogens with zero attached hydrogens (tertiary/aromatic N) is 1. The Hall–Kier alpha value is -2.88. The lowest BCUT2D eigenvalue weighted by Gasteiger charge is -2.21. The van der Waals surface area contributed by atoms with E-state index in [2.05, 4.69) is 11.9 Å². The monoisotopic (exact) mass is 502 g/mol. The Morgan fingerprint density at radius 1 is 1.00 bits per heavy atom. The number of carbonyl (C=O) groups is 2. The molecule has 0 aromatic heterocycles. The Morgan fingerprint density at radius 2 is 1.58 bits per heavy atom. The van der Waals surface area contributed by atoms with Crippen molar-refractivity contribution < 1.29 is 33.0 Å². The Morgan fingerprint density at radius 3 is 2.12 bits per heavy atom. The molecule has 0 atom stereocenters. The lowest BCUT2D eigenvalue weighted by atomic mass is 10.3. The molecular weight excluding hydrogens is 481 g/mol. The Bertz CT molecular complexity index is 1010. The fraction of sp³-hybridized carbons (Fsp3) is 0.273. The Balaban J connectivity index is 1.75. The van der Waals surface area contributed by atoms with Crippen LogP contribution in [0.15, 0.2) is 48.7 Å². The van der Waals surface area contributed by atoms with Gasteiger partial charge in [0.1, 0.15) is 29.7 Å². The minimum atomic E-state index is -1.04. The van der Waals surface area contributed by atoms with Crippen molar-refractivity contribution in [2.75, 3.05) is 32.8 Å². The third-order valence-corrected chi connectivity index (χ3v) is 4.85. The SMILES string of the molecule is C=C(CCN(CCOc1ccc(Cl)c(F)c1)CC(=O)O)NC(=O)COc1ccc(Cl)c(F)c1. The molecule has 7 nitrogen and oxygen atoms in total. The molecule has 11 heteroatoms. The van der Waals surface area contributed by atoms with Crippen molar-refractivity contribution in [3.8, 4) is 11.5 Å². The topological polar surface area (TPSA) is 88.1 Å². The molecule has 0 unspecified atom stereocenters. The van der Waals surface area contributed by atoms with E-state index in [0.717, 1.165) is 12.1 Å². The van der Waals surface area contributed by atoms with E-state index in [1.807, 2.05) is 0 Å². The van der Waals surface area contributed by atoms with Crippen LogP contribution in [-0.4, -0.2) is 54.7 Å². The summed E-state index contributed by atoms with van der Waals surface area (Å²) >= 11 is 11.2. The highest BCUT2D eigenvalue weighted by Gasteiger charge is 2.12. The van der Waals surface area contributed by atoms with Gasteiger partial charge in [-0.2, -0.15) is 0 Å². The molecule has 0 saturated carbocycles. The standard InChI is InChI=1S/C22H22Cl2F2N2O5/c1-14(27-21(29)13-33-16-3-5-18(24)20(26)11-16)6-7-28(12-22(30)31)8-9-32-15-2-4-17(23)19(25)10-15/h2-5,10-11H,1,6-9,12-13H2,(H,27,29)(H,30,31). The third-order valence-electron chi connectivity index (χ3n) is 4.23. The Labute approximate surface area is 199 Å². The third kappa shape index (κ3) is 9.65. The predicted molar refractivity (Wildman–Crippen MR) is 120 cm³/mol. The smallest absolute Gasteiger partial charge is 0.317 e. The molecule has 2 aromatic carbocycles. The van der Waals surface area contributed by atoms with E-state index in [0.29, 0.717) is 5.70 Å². The van der Waals surface area contributed by atoms with E-state index in [9.17, 15) is 18.4 Å². The van der Waals surface area contributed by atoms with Gasteiger partial charge in [0.25, 0.3) is 5.91 Å². The molecular formula is C22H22Cl2F2N2O5. The highest BCUT2D eigenvalue weighted by molar-refractivity contribution is 6.31. The molecule has 178 valence electrons. The summed E-state index contributed by atoms with van der Waals surface area (Å²) in [4.78, 5) is 24.7. The fourth-order valence-electron chi connectivity index (χ4n) is 2.62. The van der Waals surface area contributed by atoms with Crippen LogP contribution in [-0.2, 0) is 9.59 Å². The van der Waals surface area contributed by atoms with Crippen molar-refractivity contribution in [1.82, 2.24) is 10.2 Å². The number of amides is 1. The normalized spacial score (nSPS) is 10.7. The molecule has 33 heavy (non-hydrogen) atoms. The average Bonchev–Trinajstić information content (AvgIpc) is 2.75. The largest absolute Gasteiger partial charge is 0.492 e. The van der Waals surface area contributed by atoms with Crippen LogP contribution >= 0.6 is 23.2 Å². The van der Waals surface area contributed by atoms with E-state index in [-0.39, 0.29) is 60.8 Å². The molecule has 0 heterocycles. The Kier molecular flexibility index (Phi) is 10.4. The average molecular weight is 503 g/mol. The maximum absolute atomic E-state index is 13.5. The highest BCUT2D eigenvalue weighted by atomic mass is 35.5. The number of aliphatic carboxylic acids is 1. The number of rotatable bonds is 13. The minimum absolute atomic E-state index is 0.0267. The molecule has 2 aromatic rings. The molecule has 2 rings (SSSR count). The second kappa shape index (κ2) is 13.0. The summed E-state index contributed by atoms with van der Waals surface area (Å²) in [6.07, 6.45) is 0.268. The fourth-order valence-corrected chi connectivity index (χ4v) is 2.86. The zero-order valence-electron chi connectivity index (χ0n) is 17.5. The molecule has 1 amide bonds. The van der Waals surface area contributed by atoms with Crippen molar-refractivity contribution in [1.29, 1.82) is 0 Å². The van der Waals surface area contributed by atoms with Crippen LogP contribution in [0, 0.1) is 11.6 Å². The number of carboxylic acids is 1. The number of carboxylic acid groups (broad SMARTS) is 1. The van der Waals surface area contributed by atoms with Crippen molar-refractivity contribution >= 4 is 35.1 Å². The van der Waals surface area contributed by atoms with Gasteiger partial charge in [0.05, 0.1) is 16.6 Å². The second-order valence-electron chi connectivity index (χ2n) is 6.86. The van der Waals surface area contributed by atoms with Crippen molar-refractivity contribution in [2.45, 2.75) is 6.42 Å². The molecule has 2 N–H and O–H groups in total. The summed E-state index contributed by atoms with van der Waals surface area (Å²) in [5, 5.41) is 11.6. The lowest BCUT2D eigenvalue weighted by molar-refractivity contribution is -0.138. The predicted octanol–water partition coefficient (Wildman–Crippen LogP) is 4.14. The van der Waals surface area contributed by atoms with Gasteiger partial charge in [-0.15, -0.1) is 0 Å². The van der Waals surface area contributed by atoms with E-state index >= 15 is 0 Å². The van der Waals surface area contributed by atoms with Gasteiger partial charge >= 0.3 is 5.97 Å². The number of halogens is 4. The van der Waals surface area contributed by atoms with Gasteiger partial charge in [0.15, 0.2) is 6.61 Å². The van der Waals surface area contributed by atoms with Crippen LogP contribution in [0.3, 0.4) is 0 Å². The van der Waals surface area contributed by atoms with Gasteiger partial charge in [0.2, 0.25) is 0 Å². The van der Waals surface area contributed by atoms with Crippen LogP contribution in [0.4, 0.5) is 8.78 Å². The molecule has 0 spiro atoms. The highest BCUT2D eigenvalue weighted by Crippen LogP contribution is 2.21. The minimum Gasteiger partial charge on any atom is -0.492 e. The summed E-state index contributed by atoms with van der Waals surface area (Å²) in [6.45, 7) is 3.74. The number of nitrogens with one attached hydrogen (secondary N) is 1. The summed E-state index contributed by atoms with van der Waals surface area (Å²) in [5.41, 5.74) is 0.349. The van der Waals surface area contributed by atoms with E-state index in [1.165, 1.54) is 24.3 Å². The first kappa shape index (κ1) is 26.4. The van der Waals surface area contributed by atoms with Crippen molar-refractivity contribution in [2.24, 2.45) is 0 Å². The zero-order chi connectivity index (χ0) is 24.4. The molecule has 0 aliphatic rings. The molecule has 0 aliphatic heterocycles. The summed E-state index contributed by atoms with van der Waals surface area (Å²) in [5.74, 6) is -2.41. The maximum Gasteiger partial charge on any atom is 0.317 e. The van der Waals surface area contributed by atoms with Gasteiger partial charge in [-0.3, -0.25) is 14.5 Å². The second-order valence-corrected chi connectivity index (χ2v) is 7.67. The van der Waals surface area contributed by atoms with Gasteiger partial charge in [-0.1, -0.05) is 29.8 Å². The molecule has 0 bridgehead atoms.